The molecule has 31 heavy (non-hydrogen) atoms. The van der Waals surface area contributed by atoms with Crippen LogP contribution < -0.4 is 10.6 Å². The first-order valence-electron chi connectivity index (χ1n) is 10.9. The molecule has 0 atom stereocenters. The van der Waals surface area contributed by atoms with E-state index < -0.39 is 0 Å². The zero-order valence-electron chi connectivity index (χ0n) is 18.8. The SMILES string of the molecule is CCNC(=NCC1CCN(Cc2csc(C)n2)CC1)NCCc1ccc(F)cc1C.I. The summed E-state index contributed by atoms with van der Waals surface area (Å²) in [6.45, 7) is 11.8. The van der Waals surface area contributed by atoms with Gasteiger partial charge in [-0.1, -0.05) is 6.07 Å². The molecule has 0 unspecified atom stereocenters. The maximum atomic E-state index is 13.3. The summed E-state index contributed by atoms with van der Waals surface area (Å²) in [5, 5.41) is 10.1. The topological polar surface area (TPSA) is 52.6 Å². The van der Waals surface area contributed by atoms with Gasteiger partial charge in [-0.15, -0.1) is 35.3 Å². The second kappa shape index (κ2) is 13.3. The minimum absolute atomic E-state index is 0. The number of rotatable bonds is 8. The summed E-state index contributed by atoms with van der Waals surface area (Å²) in [7, 11) is 0. The molecule has 0 spiro atoms. The molecule has 0 aliphatic carbocycles. The zero-order chi connectivity index (χ0) is 21.3. The molecule has 2 heterocycles. The van der Waals surface area contributed by atoms with E-state index in [1.165, 1.54) is 30.2 Å². The summed E-state index contributed by atoms with van der Waals surface area (Å²) in [6.07, 6.45) is 3.21. The van der Waals surface area contributed by atoms with Crippen molar-refractivity contribution in [1.82, 2.24) is 20.5 Å². The molecule has 2 aromatic rings. The van der Waals surface area contributed by atoms with Gasteiger partial charge in [0.15, 0.2) is 5.96 Å². The van der Waals surface area contributed by atoms with Gasteiger partial charge >= 0.3 is 0 Å². The fourth-order valence-corrected chi connectivity index (χ4v) is 4.46. The number of hydrogen-bond donors (Lipinski definition) is 2. The molecule has 1 aliphatic heterocycles. The minimum atomic E-state index is -0.174. The fraction of sp³-hybridized carbons (Fsp3) is 0.565. The Labute approximate surface area is 207 Å². The number of nitrogens with zero attached hydrogens (tertiary/aromatic N) is 3. The van der Waals surface area contributed by atoms with Crippen molar-refractivity contribution in [3.63, 3.8) is 0 Å². The first kappa shape index (κ1) is 26.0. The van der Waals surface area contributed by atoms with Crippen LogP contribution in [-0.2, 0) is 13.0 Å². The lowest BCUT2D eigenvalue weighted by Gasteiger charge is -2.30. The van der Waals surface area contributed by atoms with Crippen molar-refractivity contribution in [1.29, 1.82) is 0 Å². The van der Waals surface area contributed by atoms with Gasteiger partial charge in [0.05, 0.1) is 10.7 Å². The molecule has 0 saturated carbocycles. The first-order valence-corrected chi connectivity index (χ1v) is 11.8. The Morgan fingerprint density at radius 1 is 1.26 bits per heavy atom. The van der Waals surface area contributed by atoms with Crippen LogP contribution in [0.15, 0.2) is 28.6 Å². The van der Waals surface area contributed by atoms with E-state index in [2.05, 4.69) is 39.7 Å². The monoisotopic (exact) mass is 559 g/mol. The maximum Gasteiger partial charge on any atom is 0.191 e. The largest absolute Gasteiger partial charge is 0.357 e. The van der Waals surface area contributed by atoms with Crippen molar-refractivity contribution in [2.24, 2.45) is 10.9 Å². The lowest BCUT2D eigenvalue weighted by molar-refractivity contribution is 0.179. The van der Waals surface area contributed by atoms with Crippen LogP contribution in [0.5, 0.6) is 0 Å². The number of aromatic nitrogens is 1. The number of halogens is 2. The predicted molar refractivity (Wildman–Crippen MR) is 139 cm³/mol. The normalized spacial score (nSPS) is 15.5. The molecular formula is C23H35FIN5S. The van der Waals surface area contributed by atoms with Gasteiger partial charge in [-0.25, -0.2) is 9.37 Å². The molecule has 3 rings (SSSR count). The predicted octanol–water partition coefficient (Wildman–Crippen LogP) is 4.53. The van der Waals surface area contributed by atoms with E-state index in [1.807, 2.05) is 13.0 Å². The van der Waals surface area contributed by atoms with E-state index in [0.29, 0.717) is 5.92 Å². The quantitative estimate of drug-likeness (QED) is 0.284. The zero-order valence-corrected chi connectivity index (χ0v) is 21.9. The third-order valence-electron chi connectivity index (χ3n) is 5.60. The average Bonchev–Trinajstić information content (AvgIpc) is 3.13. The van der Waals surface area contributed by atoms with E-state index in [9.17, 15) is 4.39 Å². The van der Waals surface area contributed by atoms with Gasteiger partial charge in [0.1, 0.15) is 5.82 Å². The van der Waals surface area contributed by atoms with E-state index in [0.717, 1.165) is 62.2 Å². The maximum absolute atomic E-state index is 13.3. The molecule has 172 valence electrons. The smallest absolute Gasteiger partial charge is 0.191 e. The Balaban J connectivity index is 0.00000341. The van der Waals surface area contributed by atoms with Gasteiger partial charge in [0.25, 0.3) is 0 Å². The van der Waals surface area contributed by atoms with E-state index >= 15 is 0 Å². The standard InChI is InChI=1S/C23H34FN5S.HI/c1-4-25-23(26-10-7-20-5-6-21(24)13-17(20)2)27-14-19-8-11-29(12-9-19)15-22-16-30-18(3)28-22;/h5-6,13,16,19H,4,7-12,14-15H2,1-3H3,(H2,25,26,27);1H. The Bertz CT molecular complexity index is 833. The lowest BCUT2D eigenvalue weighted by atomic mass is 9.97. The van der Waals surface area contributed by atoms with Crippen molar-refractivity contribution >= 4 is 41.3 Å². The summed E-state index contributed by atoms with van der Waals surface area (Å²) in [5.41, 5.74) is 3.37. The molecule has 0 radical (unpaired) electrons. The average molecular weight is 560 g/mol. The number of thiazole rings is 1. The molecule has 1 aliphatic rings. The van der Waals surface area contributed by atoms with Crippen molar-refractivity contribution in [2.75, 3.05) is 32.7 Å². The van der Waals surface area contributed by atoms with Gasteiger partial charge in [-0.3, -0.25) is 9.89 Å². The molecule has 1 aromatic carbocycles. The Morgan fingerprint density at radius 2 is 2.03 bits per heavy atom. The first-order chi connectivity index (χ1) is 14.5. The van der Waals surface area contributed by atoms with Crippen LogP contribution in [0.4, 0.5) is 4.39 Å². The molecule has 5 nitrogen and oxygen atoms in total. The molecule has 2 N–H and O–H groups in total. The number of aliphatic imine (C=N–C) groups is 1. The van der Waals surface area contributed by atoms with Gasteiger partial charge < -0.3 is 10.6 Å². The fourth-order valence-electron chi connectivity index (χ4n) is 3.85. The second-order valence-corrected chi connectivity index (χ2v) is 9.11. The molecule has 0 bridgehead atoms. The van der Waals surface area contributed by atoms with Crippen LogP contribution in [0.1, 0.15) is 41.6 Å². The Kier molecular flexibility index (Phi) is 11.2. The lowest BCUT2D eigenvalue weighted by Crippen LogP contribution is -2.39. The summed E-state index contributed by atoms with van der Waals surface area (Å²) in [5.74, 6) is 1.33. The highest BCUT2D eigenvalue weighted by Crippen LogP contribution is 2.20. The third kappa shape index (κ3) is 8.65. The van der Waals surface area contributed by atoms with E-state index in [-0.39, 0.29) is 29.8 Å². The molecular weight excluding hydrogens is 524 g/mol. The van der Waals surface area contributed by atoms with Crippen molar-refractivity contribution in [2.45, 2.75) is 46.6 Å². The summed E-state index contributed by atoms with van der Waals surface area (Å²) < 4.78 is 13.3. The summed E-state index contributed by atoms with van der Waals surface area (Å²) in [4.78, 5) is 11.9. The highest BCUT2D eigenvalue weighted by atomic mass is 127. The van der Waals surface area contributed by atoms with Crippen LogP contribution in [0, 0.1) is 25.6 Å². The molecule has 1 saturated heterocycles. The highest BCUT2D eigenvalue weighted by Gasteiger charge is 2.19. The number of likely N-dealkylation sites (tertiary alicyclic amines) is 1. The number of benzene rings is 1. The van der Waals surface area contributed by atoms with E-state index in [1.54, 1.807) is 17.4 Å². The Morgan fingerprint density at radius 3 is 2.68 bits per heavy atom. The minimum Gasteiger partial charge on any atom is -0.357 e. The number of guanidine groups is 1. The van der Waals surface area contributed by atoms with Crippen molar-refractivity contribution < 1.29 is 4.39 Å². The van der Waals surface area contributed by atoms with Crippen LogP contribution >= 0.6 is 35.3 Å². The summed E-state index contributed by atoms with van der Waals surface area (Å²) >= 11 is 1.73. The molecule has 1 fully saturated rings. The van der Waals surface area contributed by atoms with Crippen LogP contribution in [0.25, 0.3) is 0 Å². The highest BCUT2D eigenvalue weighted by molar-refractivity contribution is 14.0. The van der Waals surface area contributed by atoms with Gasteiger partial charge in [0.2, 0.25) is 0 Å². The van der Waals surface area contributed by atoms with Crippen LogP contribution in [0.3, 0.4) is 0 Å². The van der Waals surface area contributed by atoms with Crippen molar-refractivity contribution in [3.05, 3.63) is 51.2 Å². The van der Waals surface area contributed by atoms with E-state index in [4.69, 9.17) is 4.99 Å². The second-order valence-electron chi connectivity index (χ2n) is 8.04. The van der Waals surface area contributed by atoms with Crippen LogP contribution in [-0.4, -0.2) is 48.6 Å². The summed E-state index contributed by atoms with van der Waals surface area (Å²) in [6, 6.07) is 5.00. The number of nitrogens with one attached hydrogen (secondary N) is 2. The molecule has 8 heteroatoms. The van der Waals surface area contributed by atoms with Gasteiger partial charge in [-0.2, -0.15) is 0 Å². The molecule has 1 aromatic heterocycles. The molecule has 0 amide bonds. The van der Waals surface area contributed by atoms with Crippen molar-refractivity contribution in [3.8, 4) is 0 Å². The van der Waals surface area contributed by atoms with Gasteiger partial charge in [-0.05, 0) is 82.3 Å². The number of aryl methyl sites for hydroxylation is 2. The number of hydrogen-bond acceptors (Lipinski definition) is 4. The number of piperidine rings is 1. The Hall–Kier alpha value is -1.26. The third-order valence-corrected chi connectivity index (χ3v) is 6.42. The van der Waals surface area contributed by atoms with Crippen LogP contribution in [0.2, 0.25) is 0 Å². The van der Waals surface area contributed by atoms with Gasteiger partial charge in [0, 0.05) is 31.6 Å².